The SMILES string of the molecule is CS(=O)(=O)OCCOc1ccc2nc3ccc(=O)cc-3oc2c1. The van der Waals surface area contributed by atoms with Crippen LogP contribution < -0.4 is 10.2 Å². The standard InChI is InChI=1S/C15H13NO6S/c1-23(18,19)21-7-6-20-11-3-5-13-15(9-11)22-14-8-10(17)2-4-12(14)16-13/h2-5,8-9H,6-7H2,1H3. The first-order valence-corrected chi connectivity index (χ1v) is 8.54. The van der Waals surface area contributed by atoms with Crippen LogP contribution >= 0.6 is 0 Å². The minimum atomic E-state index is -3.48. The van der Waals surface area contributed by atoms with Crippen LogP contribution in [0.5, 0.6) is 5.75 Å². The Hall–Kier alpha value is -2.45. The second-order valence-electron chi connectivity index (χ2n) is 4.85. The summed E-state index contributed by atoms with van der Waals surface area (Å²) in [6.45, 7) is -0.00613. The fraction of sp³-hybridized carbons (Fsp3) is 0.200. The Morgan fingerprint density at radius 2 is 1.96 bits per heavy atom. The molecule has 1 aliphatic carbocycles. The van der Waals surface area contributed by atoms with Gasteiger partial charge in [-0.25, -0.2) is 4.98 Å². The summed E-state index contributed by atoms with van der Waals surface area (Å²) in [7, 11) is -3.48. The van der Waals surface area contributed by atoms with Crippen LogP contribution in [0.3, 0.4) is 0 Å². The zero-order valence-electron chi connectivity index (χ0n) is 12.2. The predicted octanol–water partition coefficient (Wildman–Crippen LogP) is 1.65. The summed E-state index contributed by atoms with van der Waals surface area (Å²) >= 11 is 0. The number of nitrogens with zero attached hydrogens (tertiary/aromatic N) is 1. The maximum atomic E-state index is 11.4. The molecule has 0 atom stereocenters. The van der Waals surface area contributed by atoms with E-state index in [4.69, 9.17) is 9.15 Å². The third-order valence-electron chi connectivity index (χ3n) is 2.97. The highest BCUT2D eigenvalue weighted by Crippen LogP contribution is 2.26. The lowest BCUT2D eigenvalue weighted by atomic mass is 10.2. The quantitative estimate of drug-likeness (QED) is 0.397. The fourth-order valence-electron chi connectivity index (χ4n) is 2.02. The van der Waals surface area contributed by atoms with Gasteiger partial charge in [-0.05, 0) is 24.3 Å². The molecule has 3 rings (SSSR count). The van der Waals surface area contributed by atoms with Crippen LogP contribution in [0, 0.1) is 0 Å². The van der Waals surface area contributed by atoms with Gasteiger partial charge in [-0.2, -0.15) is 8.42 Å². The fourth-order valence-corrected chi connectivity index (χ4v) is 2.39. The molecule has 0 N–H and O–H groups in total. The van der Waals surface area contributed by atoms with E-state index < -0.39 is 10.1 Å². The van der Waals surface area contributed by atoms with Gasteiger partial charge >= 0.3 is 0 Å². The van der Waals surface area contributed by atoms with Gasteiger partial charge in [0.2, 0.25) is 0 Å². The van der Waals surface area contributed by atoms with Crippen molar-refractivity contribution in [3.63, 3.8) is 0 Å². The van der Waals surface area contributed by atoms with E-state index in [-0.39, 0.29) is 18.6 Å². The zero-order chi connectivity index (χ0) is 16.4. The number of fused-ring (bicyclic) bond motifs is 2. The topological polar surface area (TPSA) is 95.7 Å². The second-order valence-corrected chi connectivity index (χ2v) is 6.49. The number of hydrogen-bond donors (Lipinski definition) is 0. The van der Waals surface area contributed by atoms with E-state index in [1.165, 1.54) is 12.1 Å². The highest BCUT2D eigenvalue weighted by atomic mass is 32.2. The third-order valence-corrected chi connectivity index (χ3v) is 3.57. The van der Waals surface area contributed by atoms with Crippen molar-refractivity contribution in [1.82, 2.24) is 4.98 Å². The molecular formula is C15H13NO6S. The van der Waals surface area contributed by atoms with Gasteiger partial charge in [0.15, 0.2) is 16.8 Å². The summed E-state index contributed by atoms with van der Waals surface area (Å²) in [6.07, 6.45) is 0.975. The van der Waals surface area contributed by atoms with Crippen molar-refractivity contribution in [3.8, 4) is 17.2 Å². The molecule has 7 nitrogen and oxygen atoms in total. The number of benzene rings is 2. The zero-order valence-corrected chi connectivity index (χ0v) is 13.0. The van der Waals surface area contributed by atoms with Gasteiger partial charge in [-0.3, -0.25) is 8.98 Å². The van der Waals surface area contributed by atoms with Crippen molar-refractivity contribution in [1.29, 1.82) is 0 Å². The van der Waals surface area contributed by atoms with Gasteiger partial charge in [0.1, 0.15) is 30.2 Å². The van der Waals surface area contributed by atoms with Gasteiger partial charge in [-0.1, -0.05) is 0 Å². The molecule has 0 aromatic heterocycles. The predicted molar refractivity (Wildman–Crippen MR) is 83.2 cm³/mol. The minimum absolute atomic E-state index is 0.0737. The molecule has 0 unspecified atom stereocenters. The number of aromatic nitrogens is 1. The smallest absolute Gasteiger partial charge is 0.264 e. The van der Waals surface area contributed by atoms with E-state index in [1.807, 2.05) is 0 Å². The Morgan fingerprint density at radius 3 is 2.74 bits per heavy atom. The van der Waals surface area contributed by atoms with Gasteiger partial charge < -0.3 is 9.15 Å². The second kappa shape index (κ2) is 5.98. The first kappa shape index (κ1) is 15.4. The molecule has 1 heterocycles. The van der Waals surface area contributed by atoms with Crippen LogP contribution in [0.4, 0.5) is 0 Å². The Kier molecular flexibility index (Phi) is 4.01. The van der Waals surface area contributed by atoms with Crippen molar-refractivity contribution in [2.75, 3.05) is 19.5 Å². The highest BCUT2D eigenvalue weighted by molar-refractivity contribution is 7.85. The van der Waals surface area contributed by atoms with Crippen molar-refractivity contribution in [3.05, 3.63) is 46.6 Å². The molecular weight excluding hydrogens is 322 g/mol. The molecule has 0 spiro atoms. The number of ether oxygens (including phenoxy) is 1. The minimum Gasteiger partial charge on any atom is -0.491 e. The average molecular weight is 335 g/mol. The molecule has 0 bridgehead atoms. The molecule has 2 aliphatic rings. The molecule has 1 aromatic carbocycles. The number of hydrogen-bond acceptors (Lipinski definition) is 7. The Balaban J connectivity index is 1.82. The van der Waals surface area contributed by atoms with Crippen molar-refractivity contribution < 1.29 is 21.8 Å². The van der Waals surface area contributed by atoms with Crippen LogP contribution in [0.1, 0.15) is 0 Å². The van der Waals surface area contributed by atoms with Gasteiger partial charge in [-0.15, -0.1) is 0 Å². The molecule has 0 amide bonds. The van der Waals surface area contributed by atoms with E-state index in [0.29, 0.717) is 28.3 Å². The van der Waals surface area contributed by atoms with Crippen molar-refractivity contribution >= 4 is 21.2 Å². The molecule has 0 radical (unpaired) electrons. The largest absolute Gasteiger partial charge is 0.491 e. The van der Waals surface area contributed by atoms with Crippen molar-refractivity contribution in [2.24, 2.45) is 0 Å². The monoisotopic (exact) mass is 335 g/mol. The van der Waals surface area contributed by atoms with Gasteiger partial charge in [0, 0.05) is 12.1 Å². The summed E-state index contributed by atoms with van der Waals surface area (Å²) in [5, 5.41) is 0. The first-order valence-electron chi connectivity index (χ1n) is 6.73. The van der Waals surface area contributed by atoms with Crippen LogP contribution in [0.2, 0.25) is 0 Å². The molecule has 0 saturated heterocycles. The Morgan fingerprint density at radius 1 is 1.13 bits per heavy atom. The maximum Gasteiger partial charge on any atom is 0.264 e. The van der Waals surface area contributed by atoms with E-state index in [2.05, 4.69) is 9.17 Å². The average Bonchev–Trinajstić information content (AvgIpc) is 2.48. The normalized spacial score (nSPS) is 11.9. The van der Waals surface area contributed by atoms with Crippen LogP contribution in [0.15, 0.2) is 45.6 Å². The van der Waals surface area contributed by atoms with Gasteiger partial charge in [0.25, 0.3) is 10.1 Å². The van der Waals surface area contributed by atoms with Crippen molar-refractivity contribution in [2.45, 2.75) is 0 Å². The first-order chi connectivity index (χ1) is 10.9. The van der Waals surface area contributed by atoms with Crippen LogP contribution in [-0.4, -0.2) is 32.9 Å². The molecule has 0 fully saturated rings. The lowest BCUT2D eigenvalue weighted by molar-refractivity contribution is 0.222. The molecule has 23 heavy (non-hydrogen) atoms. The lowest BCUT2D eigenvalue weighted by Crippen LogP contribution is -2.11. The third kappa shape index (κ3) is 3.85. The summed E-state index contributed by atoms with van der Waals surface area (Å²) in [5.74, 6) is 0.875. The van der Waals surface area contributed by atoms with E-state index >= 15 is 0 Å². The summed E-state index contributed by atoms with van der Waals surface area (Å²) in [5.41, 5.74) is 1.51. The summed E-state index contributed by atoms with van der Waals surface area (Å²) < 4.78 is 37.3. The number of rotatable bonds is 5. The summed E-state index contributed by atoms with van der Waals surface area (Å²) in [4.78, 5) is 15.8. The molecule has 1 aliphatic heterocycles. The molecule has 120 valence electrons. The lowest BCUT2D eigenvalue weighted by Gasteiger charge is -2.08. The van der Waals surface area contributed by atoms with E-state index in [1.54, 1.807) is 24.3 Å². The molecule has 1 aromatic rings. The molecule has 0 saturated carbocycles. The Labute approximate surface area is 131 Å². The highest BCUT2D eigenvalue weighted by Gasteiger charge is 2.10. The van der Waals surface area contributed by atoms with E-state index in [0.717, 1.165) is 6.26 Å². The van der Waals surface area contributed by atoms with Gasteiger partial charge in [0.05, 0.1) is 6.26 Å². The maximum absolute atomic E-state index is 11.4. The van der Waals surface area contributed by atoms with Crippen LogP contribution in [0.25, 0.3) is 22.6 Å². The molecule has 8 heteroatoms. The van der Waals surface area contributed by atoms with E-state index in [9.17, 15) is 13.2 Å². The van der Waals surface area contributed by atoms with Crippen LogP contribution in [-0.2, 0) is 14.3 Å². The summed E-state index contributed by atoms with van der Waals surface area (Å²) in [6, 6.07) is 9.44. The Bertz CT molecular complexity index is 979.